The average molecular weight is 692 g/mol. The van der Waals surface area contributed by atoms with E-state index in [1.165, 1.54) is 33.1 Å². The van der Waals surface area contributed by atoms with Gasteiger partial charge in [-0.05, 0) is 56.2 Å². The van der Waals surface area contributed by atoms with Crippen LogP contribution in [-0.2, 0) is 30.2 Å². The highest BCUT2D eigenvalue weighted by Gasteiger charge is 2.62. The number of fused-ring (bicyclic) bond motifs is 5. The third-order valence-electron chi connectivity index (χ3n) is 10.5. The number of allylic oxidation sites excluding steroid dienone is 3. The van der Waals surface area contributed by atoms with E-state index in [4.69, 9.17) is 30.5 Å². The second-order valence-electron chi connectivity index (χ2n) is 13.8. The Morgan fingerprint density at radius 3 is 2.56 bits per heavy atom. The predicted molar refractivity (Wildman–Crippen MR) is 181 cm³/mol. The molecule has 0 aromatic heterocycles. The summed E-state index contributed by atoms with van der Waals surface area (Å²) in [5, 5.41) is 26.3. The van der Waals surface area contributed by atoms with Crippen LogP contribution in [0.3, 0.4) is 0 Å². The van der Waals surface area contributed by atoms with Crippen LogP contribution in [0.25, 0.3) is 0 Å². The molecule has 0 spiro atoms. The van der Waals surface area contributed by atoms with Crippen molar-refractivity contribution < 1.29 is 43.5 Å². The maximum absolute atomic E-state index is 13.4. The second kappa shape index (κ2) is 14.7. The van der Waals surface area contributed by atoms with Crippen LogP contribution in [-0.4, -0.2) is 97.7 Å². The molecule has 4 bridgehead atoms. The number of ether oxygens (including phenoxy) is 4. The van der Waals surface area contributed by atoms with E-state index in [-0.39, 0.29) is 30.6 Å². The van der Waals surface area contributed by atoms with Crippen LogP contribution >= 0.6 is 11.6 Å². The molecule has 13 heteroatoms. The Labute approximate surface area is 288 Å². The Hall–Kier alpha value is -3.32. The molecule has 1 saturated carbocycles. The van der Waals surface area contributed by atoms with Crippen molar-refractivity contribution in [3.8, 4) is 5.75 Å². The van der Waals surface area contributed by atoms with E-state index < -0.39 is 53.8 Å². The first kappa shape index (κ1) is 37.5. The number of hydrogen-bond donors (Lipinski definition) is 3. The van der Waals surface area contributed by atoms with Crippen molar-refractivity contribution in [2.24, 2.45) is 17.3 Å². The molecule has 1 saturated heterocycles. The second-order valence-corrected chi connectivity index (χ2v) is 14.2. The van der Waals surface area contributed by atoms with Gasteiger partial charge in [-0.1, -0.05) is 49.2 Å². The zero-order valence-electron chi connectivity index (χ0n) is 29.3. The quantitative estimate of drug-likeness (QED) is 0.384. The molecule has 1 aliphatic carbocycles. The van der Waals surface area contributed by atoms with E-state index in [0.29, 0.717) is 29.3 Å². The van der Waals surface area contributed by atoms with E-state index >= 15 is 0 Å². The topological polar surface area (TPSA) is 147 Å². The van der Waals surface area contributed by atoms with Gasteiger partial charge in [-0.3, -0.25) is 10.1 Å². The number of nitrogens with one attached hydrogen (secondary N) is 1. The third-order valence-corrected chi connectivity index (χ3v) is 10.9. The number of carbonyl (C=O) groups excluding carboxylic acids is 3. The molecular formula is C35H50ClN3O9. The highest BCUT2D eigenvalue weighted by molar-refractivity contribution is 6.34. The number of carbonyl (C=O) groups is 3. The van der Waals surface area contributed by atoms with Crippen LogP contribution in [0.5, 0.6) is 5.75 Å². The molecule has 1 aromatic carbocycles. The summed E-state index contributed by atoms with van der Waals surface area (Å²) in [6.07, 6.45) is 2.30. The van der Waals surface area contributed by atoms with Crippen molar-refractivity contribution >= 4 is 35.3 Å². The lowest BCUT2D eigenvalue weighted by Gasteiger charge is -2.42. The fraction of sp³-hybridized carbons (Fsp3) is 0.629. The molecule has 3 aliphatic rings. The van der Waals surface area contributed by atoms with E-state index in [1.807, 2.05) is 39.0 Å². The largest absolute Gasteiger partial charge is 0.495 e. The van der Waals surface area contributed by atoms with Crippen molar-refractivity contribution in [1.82, 2.24) is 10.2 Å². The minimum atomic E-state index is -1.74. The third kappa shape index (κ3) is 7.77. The molecule has 2 amide bonds. The molecule has 3 N–H and O–H groups in total. The number of benzene rings is 1. The van der Waals surface area contributed by atoms with Gasteiger partial charge in [-0.25, -0.2) is 9.59 Å². The van der Waals surface area contributed by atoms with Crippen molar-refractivity contribution in [3.05, 3.63) is 46.5 Å². The Morgan fingerprint density at radius 2 is 1.94 bits per heavy atom. The number of aliphatic hydroxyl groups is 2. The number of alkyl carbamates (subject to hydrolysis) is 1. The normalized spacial score (nSPS) is 34.7. The number of methoxy groups -OCH3 is 2. The Bertz CT molecular complexity index is 1450. The number of likely N-dealkylation sites (N-methyl/N-ethyl adjacent to an activating group) is 1. The monoisotopic (exact) mass is 691 g/mol. The summed E-state index contributed by atoms with van der Waals surface area (Å²) >= 11 is 6.78. The summed E-state index contributed by atoms with van der Waals surface area (Å²) in [5.41, 5.74) is 0.00419. The number of aliphatic hydroxyl groups excluding tert-OH is 1. The van der Waals surface area contributed by atoms with Gasteiger partial charge in [0.25, 0.3) is 0 Å². The summed E-state index contributed by atoms with van der Waals surface area (Å²) in [7, 11) is 6.23. The van der Waals surface area contributed by atoms with Gasteiger partial charge in [0, 0.05) is 46.4 Å². The summed E-state index contributed by atoms with van der Waals surface area (Å²) in [5.74, 6) is -0.824. The minimum absolute atomic E-state index is 0.0197. The standard InChI is InChI=1S/C35H50ClN3O9/c1-19-11-10-12-28(46-9)35(44)18-27(47-33(43)37-35)20(2)24-17-34(24,5)29(48-32(42)21(3)38(6)22(4)40)16-30(41)39(7)25-14-23(13-19)15-26(45-8)31(25)36/h10-12,14-15,20-21,24,27-30,41,44H,13,16-18H2,1-9H3,(H,37,43)/b12-10+,19-11+/t20-,21-,24-,27-,28+,29-,30?,34-,35-/m0/s1. The average Bonchev–Trinajstić information content (AvgIpc) is 3.73. The van der Waals surface area contributed by atoms with Gasteiger partial charge >= 0.3 is 12.1 Å². The first-order chi connectivity index (χ1) is 22.4. The lowest BCUT2D eigenvalue weighted by Crippen LogP contribution is -2.63. The zero-order chi connectivity index (χ0) is 35.7. The van der Waals surface area contributed by atoms with E-state index in [0.717, 1.165) is 11.1 Å². The number of nitrogens with zero attached hydrogens (tertiary/aromatic N) is 2. The first-order valence-electron chi connectivity index (χ1n) is 16.2. The van der Waals surface area contributed by atoms with Crippen molar-refractivity contribution in [1.29, 1.82) is 0 Å². The maximum atomic E-state index is 13.4. The van der Waals surface area contributed by atoms with Crippen LogP contribution in [0.2, 0.25) is 5.02 Å². The van der Waals surface area contributed by atoms with Gasteiger partial charge in [0.2, 0.25) is 5.91 Å². The molecule has 4 rings (SSSR count). The summed E-state index contributed by atoms with van der Waals surface area (Å²) in [6.45, 7) is 8.83. The van der Waals surface area contributed by atoms with Gasteiger partial charge in [0.05, 0.1) is 12.8 Å². The van der Waals surface area contributed by atoms with Gasteiger partial charge in [0.15, 0.2) is 5.72 Å². The number of anilines is 1. The van der Waals surface area contributed by atoms with E-state index in [1.54, 1.807) is 31.0 Å². The van der Waals surface area contributed by atoms with Gasteiger partial charge < -0.3 is 39.0 Å². The van der Waals surface area contributed by atoms with Crippen molar-refractivity contribution in [2.75, 3.05) is 33.2 Å². The SMILES string of the molecule is COc1cc2cc(c1Cl)N(C)C(O)C[C@H](OC(=O)[C@H](C)N(C)C(C)=O)[C@@]1(C)C[C@H]1[C@H](C)[C@@H]1C[C@@](O)(NC(=O)O1)[C@H](OC)/C=C/C=C(\C)C2. The number of hydrogen-bond acceptors (Lipinski definition) is 10. The fourth-order valence-corrected chi connectivity index (χ4v) is 7.29. The van der Waals surface area contributed by atoms with E-state index in [2.05, 4.69) is 5.32 Å². The lowest BCUT2D eigenvalue weighted by molar-refractivity contribution is -0.163. The predicted octanol–water partition coefficient (Wildman–Crippen LogP) is 4.19. The highest BCUT2D eigenvalue weighted by Crippen LogP contribution is 2.61. The molecule has 1 aromatic rings. The van der Waals surface area contributed by atoms with Gasteiger partial charge in [-0.15, -0.1) is 0 Å². The summed E-state index contributed by atoms with van der Waals surface area (Å²) in [4.78, 5) is 41.2. The highest BCUT2D eigenvalue weighted by atomic mass is 35.5. The smallest absolute Gasteiger partial charge is 0.409 e. The molecule has 1 unspecified atom stereocenters. The molecule has 9 atom stereocenters. The molecular weight excluding hydrogens is 642 g/mol. The number of rotatable bonds is 5. The van der Waals surface area contributed by atoms with Crippen LogP contribution < -0.4 is 15.0 Å². The summed E-state index contributed by atoms with van der Waals surface area (Å²) in [6, 6.07) is 2.86. The first-order valence-corrected chi connectivity index (χ1v) is 16.6. The van der Waals surface area contributed by atoms with Crippen LogP contribution in [0.15, 0.2) is 35.9 Å². The van der Waals surface area contributed by atoms with Gasteiger partial charge in [0.1, 0.15) is 41.4 Å². The lowest BCUT2D eigenvalue weighted by atomic mass is 9.83. The van der Waals surface area contributed by atoms with Crippen molar-refractivity contribution in [2.45, 2.75) is 96.6 Å². The maximum Gasteiger partial charge on any atom is 0.409 e. The Kier molecular flexibility index (Phi) is 11.4. The van der Waals surface area contributed by atoms with Crippen LogP contribution in [0.4, 0.5) is 10.5 Å². The molecule has 2 aliphatic heterocycles. The zero-order valence-corrected chi connectivity index (χ0v) is 30.0. The molecule has 48 heavy (non-hydrogen) atoms. The van der Waals surface area contributed by atoms with Crippen LogP contribution in [0.1, 0.15) is 59.4 Å². The fourth-order valence-electron chi connectivity index (χ4n) is 6.97. The number of halogens is 1. The van der Waals surface area contributed by atoms with Gasteiger partial charge in [-0.2, -0.15) is 0 Å². The molecule has 2 fully saturated rings. The van der Waals surface area contributed by atoms with Crippen LogP contribution in [0, 0.1) is 17.3 Å². The molecule has 0 radical (unpaired) electrons. The summed E-state index contributed by atoms with van der Waals surface area (Å²) < 4.78 is 23.1. The number of amides is 2. The molecule has 266 valence electrons. The van der Waals surface area contributed by atoms with Crippen molar-refractivity contribution in [3.63, 3.8) is 0 Å². The number of esters is 1. The minimum Gasteiger partial charge on any atom is -0.495 e. The Morgan fingerprint density at radius 1 is 1.25 bits per heavy atom. The molecule has 12 nitrogen and oxygen atoms in total. The Balaban J connectivity index is 1.79. The van der Waals surface area contributed by atoms with E-state index in [9.17, 15) is 24.6 Å². The molecule has 2 heterocycles.